The number of carbonyl (C=O) groups is 1. The molecule has 1 heterocycles. The lowest BCUT2D eigenvalue weighted by Gasteiger charge is -2.07. The molecule has 0 atom stereocenters. The van der Waals surface area contributed by atoms with Gasteiger partial charge in [0.05, 0.1) is 18.6 Å². The van der Waals surface area contributed by atoms with Gasteiger partial charge in [-0.2, -0.15) is 0 Å². The molecule has 0 spiro atoms. The summed E-state index contributed by atoms with van der Waals surface area (Å²) in [5.41, 5.74) is 2.69. The Hall–Kier alpha value is -3.60. The first-order valence-corrected chi connectivity index (χ1v) is 13.0. The van der Waals surface area contributed by atoms with Crippen LogP contribution in [0.4, 0.5) is 5.69 Å². The third kappa shape index (κ3) is 9.95. The summed E-state index contributed by atoms with van der Waals surface area (Å²) in [6.45, 7) is 4.97. The van der Waals surface area contributed by atoms with E-state index in [4.69, 9.17) is 18.9 Å². The van der Waals surface area contributed by atoms with Gasteiger partial charge in [-0.15, -0.1) is 0 Å². The van der Waals surface area contributed by atoms with E-state index in [1.807, 2.05) is 43.3 Å². The Morgan fingerprint density at radius 3 is 2.19 bits per heavy atom. The van der Waals surface area contributed by atoms with Gasteiger partial charge >= 0.3 is 5.97 Å². The molecule has 2 aromatic carbocycles. The van der Waals surface area contributed by atoms with Crippen LogP contribution >= 0.6 is 0 Å². The van der Waals surface area contributed by atoms with Gasteiger partial charge in [-0.3, -0.25) is 4.99 Å². The van der Waals surface area contributed by atoms with Gasteiger partial charge in [-0.1, -0.05) is 51.9 Å². The minimum atomic E-state index is -0.464. The van der Waals surface area contributed by atoms with Crippen molar-refractivity contribution >= 4 is 23.4 Å². The number of carbonyl (C=O) groups excluding carboxylic acids is 1. The molecule has 0 N–H and O–H groups in total. The Balaban J connectivity index is 1.40. The maximum atomic E-state index is 12.0. The van der Waals surface area contributed by atoms with Gasteiger partial charge in [0.1, 0.15) is 17.3 Å². The summed E-state index contributed by atoms with van der Waals surface area (Å²) in [7, 11) is 0. The van der Waals surface area contributed by atoms with Crippen molar-refractivity contribution in [1.82, 2.24) is 0 Å². The van der Waals surface area contributed by atoms with Crippen LogP contribution in [0.25, 0.3) is 6.08 Å². The Kier molecular flexibility index (Phi) is 11.6. The molecule has 5 heteroatoms. The lowest BCUT2D eigenvalue weighted by atomic mass is 10.1. The van der Waals surface area contributed by atoms with Crippen LogP contribution in [0, 0.1) is 0 Å². The zero-order chi connectivity index (χ0) is 25.4. The molecule has 1 aromatic heterocycles. The Labute approximate surface area is 214 Å². The second kappa shape index (κ2) is 15.4. The summed E-state index contributed by atoms with van der Waals surface area (Å²) in [6, 6.07) is 18.7. The fourth-order valence-corrected chi connectivity index (χ4v) is 3.75. The molecule has 0 fully saturated rings. The van der Waals surface area contributed by atoms with Crippen LogP contribution in [0.3, 0.4) is 0 Å². The first kappa shape index (κ1) is 27.0. The van der Waals surface area contributed by atoms with E-state index in [0.717, 1.165) is 35.7 Å². The largest absolute Gasteiger partial charge is 0.494 e. The molecule has 3 rings (SSSR count). The molecule has 0 radical (unpaired) electrons. The van der Waals surface area contributed by atoms with E-state index in [0.29, 0.717) is 11.5 Å². The highest BCUT2D eigenvalue weighted by Gasteiger charge is 2.04. The first-order chi connectivity index (χ1) is 17.6. The second-order valence-corrected chi connectivity index (χ2v) is 8.81. The smallest absolute Gasteiger partial charge is 0.336 e. The second-order valence-electron chi connectivity index (χ2n) is 8.81. The van der Waals surface area contributed by atoms with E-state index >= 15 is 0 Å². The predicted octanol–water partition coefficient (Wildman–Crippen LogP) is 8.56. The molecule has 0 saturated heterocycles. The molecule has 0 amide bonds. The highest BCUT2D eigenvalue weighted by Crippen LogP contribution is 2.21. The molecule has 0 aliphatic rings. The molecule has 5 nitrogen and oxygen atoms in total. The summed E-state index contributed by atoms with van der Waals surface area (Å²) >= 11 is 0. The number of nitrogens with zero attached hydrogens (tertiary/aromatic N) is 1. The third-order valence-corrected chi connectivity index (χ3v) is 5.82. The third-order valence-electron chi connectivity index (χ3n) is 5.82. The van der Waals surface area contributed by atoms with Crippen LogP contribution in [0.5, 0.6) is 11.5 Å². The summed E-state index contributed by atoms with van der Waals surface area (Å²) < 4.78 is 16.4. The van der Waals surface area contributed by atoms with Crippen molar-refractivity contribution in [2.45, 2.75) is 65.2 Å². The number of aliphatic imine (C=N–C) groups is 1. The number of hydrogen-bond donors (Lipinski definition) is 0. The van der Waals surface area contributed by atoms with Gasteiger partial charge in [0.25, 0.3) is 0 Å². The number of furan rings is 1. The zero-order valence-electron chi connectivity index (χ0n) is 21.4. The van der Waals surface area contributed by atoms with Gasteiger partial charge in [0, 0.05) is 11.8 Å². The van der Waals surface area contributed by atoms with Crippen molar-refractivity contribution in [1.29, 1.82) is 0 Å². The fraction of sp³-hybridized carbons (Fsp3) is 0.355. The molecule has 190 valence electrons. The topological polar surface area (TPSA) is 61.0 Å². The molecular formula is C31H37NO4. The monoisotopic (exact) mass is 487 g/mol. The van der Waals surface area contributed by atoms with Gasteiger partial charge in [0.15, 0.2) is 0 Å². The average Bonchev–Trinajstić information content (AvgIpc) is 3.42. The Bertz CT molecular complexity index is 1080. The van der Waals surface area contributed by atoms with Crippen LogP contribution < -0.4 is 9.47 Å². The average molecular weight is 488 g/mol. The molecule has 0 aliphatic heterocycles. The standard InChI is InChI=1S/C31H37NO4/c1-3-4-5-6-7-8-9-10-23-34-29-19-15-27(16-20-29)32-25(2)26-13-17-30(18-14-26)36-31(33)22-21-28-12-11-24-35-28/h11-22,24H,3-10,23H2,1-2H3/b22-21+,32-25?. The maximum absolute atomic E-state index is 12.0. The van der Waals surface area contributed by atoms with Gasteiger partial charge in [-0.05, 0) is 85.6 Å². The van der Waals surface area contributed by atoms with E-state index in [1.165, 1.54) is 51.0 Å². The number of unbranched alkanes of at least 4 members (excludes halogenated alkanes) is 7. The van der Waals surface area contributed by atoms with Crippen molar-refractivity contribution in [3.63, 3.8) is 0 Å². The number of rotatable bonds is 15. The lowest BCUT2D eigenvalue weighted by molar-refractivity contribution is -0.128. The van der Waals surface area contributed by atoms with Crippen LogP contribution in [0.2, 0.25) is 0 Å². The summed E-state index contributed by atoms with van der Waals surface area (Å²) in [5, 5.41) is 0. The van der Waals surface area contributed by atoms with Gasteiger partial charge < -0.3 is 13.9 Å². The molecule has 0 bridgehead atoms. The van der Waals surface area contributed by atoms with E-state index in [9.17, 15) is 4.79 Å². The molecule has 0 saturated carbocycles. The molecule has 0 unspecified atom stereocenters. The van der Waals surface area contributed by atoms with Gasteiger partial charge in [0.2, 0.25) is 0 Å². The number of hydrogen-bond acceptors (Lipinski definition) is 5. The SMILES string of the molecule is CCCCCCCCCCOc1ccc(N=C(C)c2ccc(OC(=O)/C=C/c3ccco3)cc2)cc1. The van der Waals surface area contributed by atoms with Crippen molar-refractivity contribution < 1.29 is 18.7 Å². The lowest BCUT2D eigenvalue weighted by Crippen LogP contribution is -2.04. The van der Waals surface area contributed by atoms with Crippen molar-refractivity contribution in [2.24, 2.45) is 4.99 Å². The molecule has 3 aromatic rings. The van der Waals surface area contributed by atoms with Crippen LogP contribution in [-0.2, 0) is 4.79 Å². The summed E-state index contributed by atoms with van der Waals surface area (Å²) in [5.74, 6) is 1.48. The van der Waals surface area contributed by atoms with E-state index < -0.39 is 5.97 Å². The van der Waals surface area contributed by atoms with Crippen molar-refractivity contribution in [3.8, 4) is 11.5 Å². The van der Waals surface area contributed by atoms with Crippen LogP contribution in [-0.4, -0.2) is 18.3 Å². The van der Waals surface area contributed by atoms with Crippen LogP contribution in [0.1, 0.15) is 76.5 Å². The zero-order valence-corrected chi connectivity index (χ0v) is 21.4. The van der Waals surface area contributed by atoms with Crippen molar-refractivity contribution in [2.75, 3.05) is 6.61 Å². The van der Waals surface area contributed by atoms with E-state index in [-0.39, 0.29) is 0 Å². The molecule has 36 heavy (non-hydrogen) atoms. The maximum Gasteiger partial charge on any atom is 0.336 e. The Morgan fingerprint density at radius 2 is 1.53 bits per heavy atom. The van der Waals surface area contributed by atoms with Crippen LogP contribution in [0.15, 0.2) is 82.4 Å². The van der Waals surface area contributed by atoms with E-state index in [2.05, 4.69) is 6.92 Å². The number of esters is 1. The highest BCUT2D eigenvalue weighted by molar-refractivity contribution is 6.00. The molecule has 0 aliphatic carbocycles. The Morgan fingerprint density at radius 1 is 0.861 bits per heavy atom. The summed E-state index contributed by atoms with van der Waals surface area (Å²) in [6.07, 6.45) is 14.8. The van der Waals surface area contributed by atoms with Crippen molar-refractivity contribution in [3.05, 3.63) is 84.3 Å². The minimum Gasteiger partial charge on any atom is -0.494 e. The van der Waals surface area contributed by atoms with Gasteiger partial charge in [-0.25, -0.2) is 4.79 Å². The minimum absolute atomic E-state index is 0.464. The normalized spacial score (nSPS) is 11.7. The van der Waals surface area contributed by atoms with E-state index in [1.54, 1.807) is 36.6 Å². The highest BCUT2D eigenvalue weighted by atomic mass is 16.5. The summed E-state index contributed by atoms with van der Waals surface area (Å²) in [4.78, 5) is 16.7. The molecular weight excluding hydrogens is 450 g/mol. The fourth-order valence-electron chi connectivity index (χ4n) is 3.75. The predicted molar refractivity (Wildman–Crippen MR) is 146 cm³/mol. The first-order valence-electron chi connectivity index (χ1n) is 13.0. The quantitative estimate of drug-likeness (QED) is 0.0708. The number of ether oxygens (including phenoxy) is 2. The number of benzene rings is 2.